The van der Waals surface area contributed by atoms with Gasteiger partial charge < -0.3 is 20.5 Å². The van der Waals surface area contributed by atoms with E-state index in [0.29, 0.717) is 11.3 Å². The molecule has 4 N–H and O–H groups in total. The van der Waals surface area contributed by atoms with Gasteiger partial charge in [0.1, 0.15) is 17.7 Å². The Morgan fingerprint density at radius 1 is 1.14 bits per heavy atom. The van der Waals surface area contributed by atoms with E-state index in [0.717, 1.165) is 6.26 Å². The number of hydrogen-bond acceptors (Lipinski definition) is 6. The fraction of sp³-hybridized carbons (Fsp3) is 0.438. The summed E-state index contributed by atoms with van der Waals surface area (Å²) in [6.45, 7) is -0.232. The molecule has 0 saturated heterocycles. The third-order valence-electron chi connectivity index (χ3n) is 3.27. The first-order valence-electron chi connectivity index (χ1n) is 8.12. The zero-order chi connectivity index (χ0) is 21.2. The van der Waals surface area contributed by atoms with Gasteiger partial charge in [-0.25, -0.2) is 17.9 Å². The van der Waals surface area contributed by atoms with Gasteiger partial charge >= 0.3 is 5.97 Å². The standard InChI is InChI=1S/C16H22ClN3O7S/c1-28(25,26)20-13(16(24)19-7-6-18-14(21)9-17)8-11-2-4-12(5-3-11)27-10-15(22)23/h2-5,13,20H,6-10H2,1H3,(H,18,21)(H,19,24)(H,22,23). The molecule has 0 fully saturated rings. The summed E-state index contributed by atoms with van der Waals surface area (Å²) in [6, 6.07) is 5.18. The Labute approximate surface area is 167 Å². The van der Waals surface area contributed by atoms with Crippen LogP contribution < -0.4 is 20.1 Å². The average molecular weight is 436 g/mol. The van der Waals surface area contributed by atoms with Crippen molar-refractivity contribution in [3.05, 3.63) is 29.8 Å². The fourth-order valence-corrected chi connectivity index (χ4v) is 2.91. The minimum Gasteiger partial charge on any atom is -0.482 e. The highest BCUT2D eigenvalue weighted by Gasteiger charge is 2.22. The van der Waals surface area contributed by atoms with Crippen LogP contribution in [0.25, 0.3) is 0 Å². The smallest absolute Gasteiger partial charge is 0.341 e. The summed E-state index contributed by atoms with van der Waals surface area (Å²) in [5, 5.41) is 13.6. The molecule has 156 valence electrons. The molecule has 1 aromatic rings. The van der Waals surface area contributed by atoms with Crippen LogP contribution in [0.2, 0.25) is 0 Å². The van der Waals surface area contributed by atoms with Crippen LogP contribution in [0.4, 0.5) is 0 Å². The first kappa shape index (κ1) is 23.7. The van der Waals surface area contributed by atoms with Crippen molar-refractivity contribution in [1.29, 1.82) is 0 Å². The van der Waals surface area contributed by atoms with Crippen molar-refractivity contribution in [1.82, 2.24) is 15.4 Å². The molecular weight excluding hydrogens is 414 g/mol. The quantitative estimate of drug-likeness (QED) is 0.245. The first-order valence-corrected chi connectivity index (χ1v) is 10.5. The Morgan fingerprint density at radius 2 is 1.75 bits per heavy atom. The van der Waals surface area contributed by atoms with Gasteiger partial charge in [0.05, 0.1) is 6.26 Å². The largest absolute Gasteiger partial charge is 0.482 e. The number of aliphatic carboxylic acids is 1. The lowest BCUT2D eigenvalue weighted by molar-refractivity contribution is -0.139. The van der Waals surface area contributed by atoms with Gasteiger partial charge in [-0.1, -0.05) is 12.1 Å². The van der Waals surface area contributed by atoms with Crippen LogP contribution in [0.1, 0.15) is 5.56 Å². The number of carbonyl (C=O) groups excluding carboxylic acids is 2. The SMILES string of the molecule is CS(=O)(=O)NC(Cc1ccc(OCC(=O)O)cc1)C(=O)NCCNC(=O)CCl. The van der Waals surface area contributed by atoms with E-state index in [1.54, 1.807) is 12.1 Å². The third-order valence-corrected chi connectivity index (χ3v) is 4.22. The van der Waals surface area contributed by atoms with Gasteiger partial charge in [0.15, 0.2) is 6.61 Å². The summed E-state index contributed by atoms with van der Waals surface area (Å²) in [7, 11) is -3.65. The number of halogens is 1. The number of benzene rings is 1. The van der Waals surface area contributed by atoms with E-state index in [1.807, 2.05) is 0 Å². The topological polar surface area (TPSA) is 151 Å². The van der Waals surface area contributed by atoms with E-state index in [2.05, 4.69) is 15.4 Å². The molecule has 1 atom stereocenters. The van der Waals surface area contributed by atoms with Crippen molar-refractivity contribution in [3.63, 3.8) is 0 Å². The molecule has 0 aliphatic heterocycles. The van der Waals surface area contributed by atoms with Crippen molar-refractivity contribution in [2.75, 3.05) is 31.8 Å². The van der Waals surface area contributed by atoms with E-state index in [-0.39, 0.29) is 31.3 Å². The Hall–Kier alpha value is -2.37. The van der Waals surface area contributed by atoms with Crippen molar-refractivity contribution in [3.8, 4) is 5.75 Å². The average Bonchev–Trinajstić information content (AvgIpc) is 2.62. The molecule has 10 nitrogen and oxygen atoms in total. The van der Waals surface area contributed by atoms with Gasteiger partial charge in [-0.2, -0.15) is 0 Å². The van der Waals surface area contributed by atoms with Crippen LogP contribution >= 0.6 is 11.6 Å². The van der Waals surface area contributed by atoms with E-state index < -0.39 is 34.5 Å². The number of hydrogen-bond donors (Lipinski definition) is 4. The molecule has 0 saturated carbocycles. The second-order valence-corrected chi connectivity index (χ2v) is 7.79. The maximum Gasteiger partial charge on any atom is 0.341 e. The Bertz CT molecular complexity index is 784. The predicted molar refractivity (Wildman–Crippen MR) is 102 cm³/mol. The molecule has 12 heteroatoms. The van der Waals surface area contributed by atoms with Crippen molar-refractivity contribution >= 4 is 39.4 Å². The predicted octanol–water partition coefficient (Wildman–Crippen LogP) is -0.918. The molecule has 2 amide bonds. The number of alkyl halides is 1. The van der Waals surface area contributed by atoms with E-state index in [9.17, 15) is 22.8 Å². The number of rotatable bonds is 12. The number of carboxylic acids is 1. The van der Waals surface area contributed by atoms with Gasteiger partial charge in [-0.05, 0) is 24.1 Å². The number of carboxylic acid groups (broad SMARTS) is 1. The summed E-state index contributed by atoms with van der Waals surface area (Å²) in [5.41, 5.74) is 0.634. The Balaban J connectivity index is 2.69. The Morgan fingerprint density at radius 3 is 2.29 bits per heavy atom. The van der Waals surface area contributed by atoms with Crippen LogP contribution in [-0.4, -0.2) is 69.2 Å². The lowest BCUT2D eigenvalue weighted by atomic mass is 10.1. The van der Waals surface area contributed by atoms with Gasteiger partial charge in [0.25, 0.3) is 0 Å². The maximum absolute atomic E-state index is 12.3. The molecule has 0 bridgehead atoms. The van der Waals surface area contributed by atoms with Crippen LogP contribution in [0.15, 0.2) is 24.3 Å². The summed E-state index contributed by atoms with van der Waals surface area (Å²) < 4.78 is 30.4. The molecule has 0 radical (unpaired) electrons. The maximum atomic E-state index is 12.3. The highest BCUT2D eigenvalue weighted by Crippen LogP contribution is 2.14. The monoisotopic (exact) mass is 435 g/mol. The van der Waals surface area contributed by atoms with E-state index in [1.165, 1.54) is 12.1 Å². The van der Waals surface area contributed by atoms with Crippen molar-refractivity contribution in [2.24, 2.45) is 0 Å². The van der Waals surface area contributed by atoms with Gasteiger partial charge in [0, 0.05) is 13.1 Å². The molecule has 1 rings (SSSR count). The van der Waals surface area contributed by atoms with Crippen LogP contribution in [0, 0.1) is 0 Å². The molecule has 0 spiro atoms. The van der Waals surface area contributed by atoms with Crippen LogP contribution in [-0.2, 0) is 30.8 Å². The lowest BCUT2D eigenvalue weighted by Gasteiger charge is -2.18. The zero-order valence-corrected chi connectivity index (χ0v) is 16.7. The van der Waals surface area contributed by atoms with Crippen LogP contribution in [0.3, 0.4) is 0 Å². The number of sulfonamides is 1. The fourth-order valence-electron chi connectivity index (χ4n) is 2.11. The summed E-state index contributed by atoms with van der Waals surface area (Å²) >= 11 is 5.34. The van der Waals surface area contributed by atoms with E-state index in [4.69, 9.17) is 21.4 Å². The molecule has 0 heterocycles. The number of nitrogens with one attached hydrogen (secondary N) is 3. The minimum absolute atomic E-state index is 0.0617. The van der Waals surface area contributed by atoms with Gasteiger partial charge in [-0.3, -0.25) is 9.59 Å². The van der Waals surface area contributed by atoms with Gasteiger partial charge in [-0.15, -0.1) is 11.6 Å². The van der Waals surface area contributed by atoms with Crippen molar-refractivity contribution < 1.29 is 32.6 Å². The first-order chi connectivity index (χ1) is 13.1. The highest BCUT2D eigenvalue weighted by molar-refractivity contribution is 7.88. The second-order valence-electron chi connectivity index (χ2n) is 5.75. The minimum atomic E-state index is -3.65. The van der Waals surface area contributed by atoms with Gasteiger partial charge in [0.2, 0.25) is 21.8 Å². The molecule has 1 unspecified atom stereocenters. The molecule has 0 aliphatic carbocycles. The lowest BCUT2D eigenvalue weighted by Crippen LogP contribution is -2.49. The highest BCUT2D eigenvalue weighted by atomic mass is 35.5. The number of amides is 2. The number of carbonyl (C=O) groups is 3. The Kier molecular flexibility index (Phi) is 9.69. The second kappa shape index (κ2) is 11.5. The summed E-state index contributed by atoms with van der Waals surface area (Å²) in [6.07, 6.45) is 1.00. The van der Waals surface area contributed by atoms with Crippen molar-refractivity contribution in [2.45, 2.75) is 12.5 Å². The molecule has 0 aromatic heterocycles. The normalized spacial score (nSPS) is 12.1. The third kappa shape index (κ3) is 10.1. The molecule has 1 aromatic carbocycles. The molecular formula is C16H22ClN3O7S. The summed E-state index contributed by atoms with van der Waals surface area (Å²) in [5.74, 6) is -1.92. The number of ether oxygens (including phenoxy) is 1. The zero-order valence-electron chi connectivity index (χ0n) is 15.1. The van der Waals surface area contributed by atoms with Crippen LogP contribution in [0.5, 0.6) is 5.75 Å². The summed E-state index contributed by atoms with van der Waals surface area (Å²) in [4.78, 5) is 33.8. The van der Waals surface area contributed by atoms with E-state index >= 15 is 0 Å². The molecule has 0 aliphatic rings. The molecule has 28 heavy (non-hydrogen) atoms.